The zero-order valence-corrected chi connectivity index (χ0v) is 32.8. The summed E-state index contributed by atoms with van der Waals surface area (Å²) >= 11 is 0. The van der Waals surface area contributed by atoms with Crippen LogP contribution in [-0.4, -0.2) is 90.7 Å². The number of nitrogens with one attached hydrogen (secondary N) is 1. The molecule has 1 N–H and O–H groups in total. The molecule has 9 nitrogen and oxygen atoms in total. The van der Waals surface area contributed by atoms with Gasteiger partial charge in [0.25, 0.3) is 0 Å². The molecule has 54 heavy (non-hydrogen) atoms. The van der Waals surface area contributed by atoms with Gasteiger partial charge in [0.1, 0.15) is 18.2 Å². The zero-order chi connectivity index (χ0) is 37.8. The second kappa shape index (κ2) is 16.7. The van der Waals surface area contributed by atoms with Crippen LogP contribution in [0.4, 0.5) is 21.7 Å². The van der Waals surface area contributed by atoms with Crippen molar-refractivity contribution in [1.82, 2.24) is 24.8 Å². The lowest BCUT2D eigenvalue weighted by atomic mass is 9.88. The molecule has 10 heteroatoms. The number of benzene rings is 2. The number of aromatic nitrogens is 3. The van der Waals surface area contributed by atoms with Crippen LogP contribution >= 0.6 is 0 Å². The van der Waals surface area contributed by atoms with Crippen molar-refractivity contribution in [2.45, 2.75) is 71.7 Å². The number of piperazine rings is 1. The van der Waals surface area contributed by atoms with Crippen molar-refractivity contribution in [1.29, 1.82) is 0 Å². The molecule has 3 aromatic heterocycles. The van der Waals surface area contributed by atoms with Crippen LogP contribution in [0.15, 0.2) is 73.1 Å². The maximum absolute atomic E-state index is 17.4. The fraction of sp³-hybridized carbons (Fsp3) is 0.432. The number of fused-ring (bicyclic) bond motifs is 1. The second-order valence-electron chi connectivity index (χ2n) is 15.2. The van der Waals surface area contributed by atoms with Crippen LogP contribution in [0.3, 0.4) is 0 Å². The molecule has 0 unspecified atom stereocenters. The maximum Gasteiger partial charge on any atom is 0.219 e. The third kappa shape index (κ3) is 8.15. The fourth-order valence-corrected chi connectivity index (χ4v) is 8.23. The minimum Gasteiger partial charge on any atom is -0.473 e. The number of ether oxygens (including phenoxy) is 1. The van der Waals surface area contributed by atoms with Gasteiger partial charge in [-0.2, -0.15) is 0 Å². The predicted octanol–water partition coefficient (Wildman–Crippen LogP) is 8.09. The van der Waals surface area contributed by atoms with Crippen LogP contribution in [-0.2, 0) is 13.2 Å². The maximum atomic E-state index is 17.4. The van der Waals surface area contributed by atoms with E-state index in [2.05, 4.69) is 78.1 Å². The van der Waals surface area contributed by atoms with Crippen LogP contribution in [0.25, 0.3) is 21.9 Å². The van der Waals surface area contributed by atoms with Crippen molar-refractivity contribution in [3.8, 4) is 17.0 Å². The molecule has 7 rings (SSSR count). The highest BCUT2D eigenvalue weighted by molar-refractivity contribution is 6.03. The Labute approximate surface area is 320 Å². The molecular weight excluding hydrogens is 676 g/mol. The summed E-state index contributed by atoms with van der Waals surface area (Å²) in [5.74, 6) is 2.02. The quantitative estimate of drug-likeness (QED) is 0.137. The Morgan fingerprint density at radius 3 is 2.31 bits per heavy atom. The van der Waals surface area contributed by atoms with E-state index in [0.29, 0.717) is 48.7 Å². The van der Waals surface area contributed by atoms with Gasteiger partial charge in [-0.05, 0) is 109 Å². The molecule has 0 spiro atoms. The molecule has 1 aliphatic heterocycles. The smallest absolute Gasteiger partial charge is 0.219 e. The number of nitrogens with zero attached hydrogens (tertiary/aromatic N) is 7. The summed E-state index contributed by atoms with van der Waals surface area (Å²) in [6.07, 6.45) is 7.86. The first-order valence-electron chi connectivity index (χ1n) is 19.5. The number of hydrogen-bond donors (Lipinski definition) is 1. The van der Waals surface area contributed by atoms with Crippen LogP contribution in [0.5, 0.6) is 5.88 Å². The molecule has 1 saturated carbocycles. The monoisotopic (exact) mass is 730 g/mol. The van der Waals surface area contributed by atoms with Gasteiger partial charge in [-0.3, -0.25) is 0 Å². The van der Waals surface area contributed by atoms with E-state index in [1.807, 2.05) is 55.6 Å². The summed E-state index contributed by atoms with van der Waals surface area (Å²) in [5.41, 5.74) is 5.97. The molecule has 1 aliphatic carbocycles. The van der Waals surface area contributed by atoms with Crippen molar-refractivity contribution in [3.05, 3.63) is 101 Å². The van der Waals surface area contributed by atoms with Crippen LogP contribution in [0.1, 0.15) is 55.0 Å². The number of rotatable bonds is 12. The summed E-state index contributed by atoms with van der Waals surface area (Å²) in [5, 5.41) is 5.36. The third-order valence-corrected chi connectivity index (χ3v) is 11.4. The van der Waals surface area contributed by atoms with Crippen LogP contribution in [0, 0.1) is 19.7 Å². The Kier molecular flexibility index (Phi) is 11.6. The number of hydrogen-bond acceptors (Lipinski definition) is 9. The zero-order valence-electron chi connectivity index (χ0n) is 32.8. The minimum absolute atomic E-state index is 0.208. The molecule has 0 bridgehead atoms. The number of anilines is 3. The highest BCUT2D eigenvalue weighted by atomic mass is 19.1. The van der Waals surface area contributed by atoms with E-state index in [-0.39, 0.29) is 11.9 Å². The largest absolute Gasteiger partial charge is 0.473 e. The number of pyridine rings is 3. The molecule has 1 saturated heterocycles. The average molecular weight is 731 g/mol. The fourth-order valence-electron chi connectivity index (χ4n) is 8.23. The van der Waals surface area contributed by atoms with Gasteiger partial charge in [0, 0.05) is 96.9 Å². The summed E-state index contributed by atoms with van der Waals surface area (Å²) in [4.78, 5) is 23.8. The first-order chi connectivity index (χ1) is 26.2. The molecule has 284 valence electrons. The molecule has 2 aromatic carbocycles. The van der Waals surface area contributed by atoms with E-state index in [9.17, 15) is 0 Å². The summed E-state index contributed by atoms with van der Waals surface area (Å²) in [6, 6.07) is 21.0. The normalized spacial score (nSPS) is 18.0. The first-order valence-corrected chi connectivity index (χ1v) is 19.5. The van der Waals surface area contributed by atoms with Gasteiger partial charge in [0.2, 0.25) is 5.88 Å². The Morgan fingerprint density at radius 2 is 1.63 bits per heavy atom. The molecule has 5 aromatic rings. The van der Waals surface area contributed by atoms with Crippen molar-refractivity contribution in [2.75, 3.05) is 69.0 Å². The van der Waals surface area contributed by atoms with Gasteiger partial charge in [-0.25, -0.2) is 19.3 Å². The lowest BCUT2D eigenvalue weighted by molar-refractivity contribution is 0.214. The van der Waals surface area contributed by atoms with Crippen molar-refractivity contribution in [3.63, 3.8) is 0 Å². The molecule has 2 aliphatic rings. The van der Waals surface area contributed by atoms with E-state index in [4.69, 9.17) is 19.7 Å². The molecule has 0 radical (unpaired) electrons. The van der Waals surface area contributed by atoms with E-state index in [0.717, 1.165) is 96.4 Å². The average Bonchev–Trinajstić information content (AvgIpc) is 3.18. The van der Waals surface area contributed by atoms with E-state index >= 15 is 4.39 Å². The Morgan fingerprint density at radius 1 is 0.889 bits per heavy atom. The van der Waals surface area contributed by atoms with Gasteiger partial charge in [0.05, 0.1) is 5.69 Å². The Bertz CT molecular complexity index is 2020. The molecule has 0 atom stereocenters. The minimum atomic E-state index is -0.208. The summed E-state index contributed by atoms with van der Waals surface area (Å²) < 4.78 is 23.7. The van der Waals surface area contributed by atoms with Crippen LogP contribution < -0.4 is 19.9 Å². The van der Waals surface area contributed by atoms with Gasteiger partial charge < -0.3 is 29.7 Å². The van der Waals surface area contributed by atoms with E-state index in [1.54, 1.807) is 6.20 Å². The van der Waals surface area contributed by atoms with Crippen molar-refractivity contribution >= 4 is 28.1 Å². The highest BCUT2D eigenvalue weighted by Gasteiger charge is 2.30. The standard InChI is InChI=1S/C44H55FN8O/c1-7-53(35-16-14-34(15-17-35)50(4)5)42-36-19-20-46-43(48-28-39-30(2)25-31(3)49-44(39)54-29-32-11-9-8-10-12-32)38(36)26-37(41(42)45)33-13-18-40(47-27-33)52-23-21-51(6)22-24-52/h8-13,18-20,25-27,34-35H,7,14-17,21-24,28-29H2,1-6H3,(H,46,48). The number of halogens is 1. The van der Waals surface area contributed by atoms with Gasteiger partial charge >= 0.3 is 0 Å². The first kappa shape index (κ1) is 37.5. The molecule has 0 amide bonds. The summed E-state index contributed by atoms with van der Waals surface area (Å²) in [7, 11) is 6.48. The molecular formula is C44H55FN8O. The molecule has 2 fully saturated rings. The summed E-state index contributed by atoms with van der Waals surface area (Å²) in [6.45, 7) is 11.6. The topological polar surface area (TPSA) is 72.9 Å². The molecule has 4 heterocycles. The third-order valence-electron chi connectivity index (χ3n) is 11.4. The van der Waals surface area contributed by atoms with Gasteiger partial charge in [-0.15, -0.1) is 0 Å². The van der Waals surface area contributed by atoms with Crippen LogP contribution in [0.2, 0.25) is 0 Å². The lowest BCUT2D eigenvalue weighted by Crippen LogP contribution is -2.44. The Balaban J connectivity index is 1.26. The van der Waals surface area contributed by atoms with Gasteiger partial charge in [0.15, 0.2) is 5.82 Å². The second-order valence-corrected chi connectivity index (χ2v) is 15.2. The lowest BCUT2D eigenvalue weighted by Gasteiger charge is -2.40. The SMILES string of the molecule is CCN(c1c(F)c(-c2ccc(N3CCN(C)CC3)nc2)cc2c(NCc3c(C)cc(C)nc3OCc3ccccc3)nccc12)C1CCC(N(C)C)CC1. The number of likely N-dealkylation sites (N-methyl/N-ethyl adjacent to an activating group) is 1. The predicted molar refractivity (Wildman–Crippen MR) is 219 cm³/mol. The highest BCUT2D eigenvalue weighted by Crippen LogP contribution is 2.42. The van der Waals surface area contributed by atoms with E-state index in [1.165, 1.54) is 0 Å². The number of aryl methyl sites for hydroxylation is 2. The van der Waals surface area contributed by atoms with Crippen molar-refractivity contribution < 1.29 is 9.13 Å². The van der Waals surface area contributed by atoms with Gasteiger partial charge in [-0.1, -0.05) is 30.3 Å². The van der Waals surface area contributed by atoms with Crippen molar-refractivity contribution in [2.24, 2.45) is 0 Å². The Hall–Kier alpha value is -4.80. The van der Waals surface area contributed by atoms with E-state index < -0.39 is 0 Å².